The van der Waals surface area contributed by atoms with Gasteiger partial charge in [-0.3, -0.25) is 4.79 Å². The number of hydrogen-bond donors (Lipinski definition) is 0. The monoisotopic (exact) mass is 387 g/mol. The van der Waals surface area contributed by atoms with Crippen LogP contribution in [0, 0.1) is 6.92 Å². The number of aryl methyl sites for hydroxylation is 1. The number of nitrogens with zero attached hydrogens (tertiary/aromatic N) is 1. The quantitative estimate of drug-likeness (QED) is 0.785. The summed E-state index contributed by atoms with van der Waals surface area (Å²) < 4.78 is 22.2. The van der Waals surface area contributed by atoms with Crippen LogP contribution in [-0.2, 0) is 4.74 Å². The van der Waals surface area contributed by atoms with E-state index in [1.807, 2.05) is 32.0 Å². The molecule has 28 heavy (non-hydrogen) atoms. The SMILES string of the molecule is COCC(C)(C)N(C)C(=O)c1c(C)cc(C2COc3ccccc3O2)oc1=O. The fourth-order valence-corrected chi connectivity index (χ4v) is 3.10. The van der Waals surface area contributed by atoms with Crippen LogP contribution in [0.15, 0.2) is 39.5 Å². The minimum Gasteiger partial charge on any atom is -0.485 e. The molecule has 1 aromatic heterocycles. The summed E-state index contributed by atoms with van der Waals surface area (Å²) in [7, 11) is 3.21. The Balaban J connectivity index is 1.88. The predicted octanol–water partition coefficient (Wildman–Crippen LogP) is 2.96. The van der Waals surface area contributed by atoms with Crippen molar-refractivity contribution in [2.75, 3.05) is 27.4 Å². The lowest BCUT2D eigenvalue weighted by molar-refractivity contribution is 0.0359. The number of hydrogen-bond acceptors (Lipinski definition) is 6. The van der Waals surface area contributed by atoms with Gasteiger partial charge in [0.1, 0.15) is 12.2 Å². The zero-order valence-corrected chi connectivity index (χ0v) is 16.8. The van der Waals surface area contributed by atoms with Gasteiger partial charge in [0.2, 0.25) is 0 Å². The van der Waals surface area contributed by atoms with Gasteiger partial charge in [-0.15, -0.1) is 0 Å². The van der Waals surface area contributed by atoms with Gasteiger partial charge in [-0.2, -0.15) is 0 Å². The molecule has 1 atom stereocenters. The normalized spacial score (nSPS) is 16.0. The maximum absolute atomic E-state index is 12.9. The minimum atomic E-state index is -0.692. The molecule has 0 N–H and O–H groups in total. The van der Waals surface area contributed by atoms with Crippen molar-refractivity contribution >= 4 is 5.91 Å². The van der Waals surface area contributed by atoms with Gasteiger partial charge in [0, 0.05) is 14.2 Å². The minimum absolute atomic E-state index is 0.00700. The largest absolute Gasteiger partial charge is 0.485 e. The first-order chi connectivity index (χ1) is 13.2. The van der Waals surface area contributed by atoms with E-state index in [1.54, 1.807) is 33.2 Å². The summed E-state index contributed by atoms with van der Waals surface area (Å²) in [6.45, 7) is 6.00. The van der Waals surface area contributed by atoms with E-state index in [2.05, 4.69) is 0 Å². The van der Waals surface area contributed by atoms with Crippen LogP contribution < -0.4 is 15.1 Å². The van der Waals surface area contributed by atoms with Gasteiger partial charge in [0.25, 0.3) is 5.91 Å². The van der Waals surface area contributed by atoms with Crippen molar-refractivity contribution in [3.63, 3.8) is 0 Å². The zero-order chi connectivity index (χ0) is 20.5. The Labute approximate surface area is 163 Å². The molecule has 0 saturated carbocycles. The van der Waals surface area contributed by atoms with Crippen molar-refractivity contribution in [1.82, 2.24) is 4.90 Å². The second-order valence-corrected chi connectivity index (χ2v) is 7.47. The van der Waals surface area contributed by atoms with Gasteiger partial charge in [-0.05, 0) is 44.5 Å². The van der Waals surface area contributed by atoms with Crippen molar-refractivity contribution in [2.24, 2.45) is 0 Å². The zero-order valence-electron chi connectivity index (χ0n) is 16.8. The summed E-state index contributed by atoms with van der Waals surface area (Å²) in [5, 5.41) is 0. The number of fused-ring (bicyclic) bond motifs is 1. The second-order valence-electron chi connectivity index (χ2n) is 7.47. The predicted molar refractivity (Wildman–Crippen MR) is 103 cm³/mol. The lowest BCUT2D eigenvalue weighted by Crippen LogP contribution is -2.49. The molecule has 1 aromatic carbocycles. The van der Waals surface area contributed by atoms with E-state index < -0.39 is 23.2 Å². The van der Waals surface area contributed by atoms with E-state index in [-0.39, 0.29) is 12.2 Å². The van der Waals surface area contributed by atoms with Crippen LogP contribution in [0.5, 0.6) is 11.5 Å². The molecule has 0 aliphatic carbocycles. The van der Waals surface area contributed by atoms with Crippen LogP contribution in [0.4, 0.5) is 0 Å². The molecule has 0 saturated heterocycles. The Hall–Kier alpha value is -2.80. The van der Waals surface area contributed by atoms with Gasteiger partial charge >= 0.3 is 5.63 Å². The van der Waals surface area contributed by atoms with E-state index in [0.29, 0.717) is 29.4 Å². The Morgan fingerprint density at radius 2 is 1.96 bits per heavy atom. The molecule has 7 heteroatoms. The summed E-state index contributed by atoms with van der Waals surface area (Å²) in [5.41, 5.74) is -0.734. The topological polar surface area (TPSA) is 78.2 Å². The number of rotatable bonds is 5. The van der Waals surface area contributed by atoms with Crippen LogP contribution in [0.2, 0.25) is 0 Å². The molecular weight excluding hydrogens is 362 g/mol. The molecule has 1 amide bonds. The number of amides is 1. The molecule has 7 nitrogen and oxygen atoms in total. The first-order valence-corrected chi connectivity index (χ1v) is 9.05. The van der Waals surface area contributed by atoms with Gasteiger partial charge in [-0.1, -0.05) is 12.1 Å². The average molecular weight is 387 g/mol. The molecule has 150 valence electrons. The van der Waals surface area contributed by atoms with E-state index in [9.17, 15) is 9.59 Å². The van der Waals surface area contributed by atoms with Gasteiger partial charge in [0.15, 0.2) is 23.4 Å². The van der Waals surface area contributed by atoms with Crippen LogP contribution in [0.3, 0.4) is 0 Å². The van der Waals surface area contributed by atoms with E-state index >= 15 is 0 Å². The summed E-state index contributed by atoms with van der Waals surface area (Å²) in [6, 6.07) is 8.96. The summed E-state index contributed by atoms with van der Waals surface area (Å²) >= 11 is 0. The third kappa shape index (κ3) is 3.75. The van der Waals surface area contributed by atoms with Crippen molar-refractivity contribution in [2.45, 2.75) is 32.4 Å². The van der Waals surface area contributed by atoms with Crippen LogP contribution in [-0.4, -0.2) is 43.7 Å². The summed E-state index contributed by atoms with van der Waals surface area (Å²) in [5.74, 6) is 1.14. The fourth-order valence-electron chi connectivity index (χ4n) is 3.10. The summed E-state index contributed by atoms with van der Waals surface area (Å²) in [4.78, 5) is 27.0. The average Bonchev–Trinajstić information content (AvgIpc) is 2.66. The van der Waals surface area contributed by atoms with Crippen molar-refractivity contribution in [1.29, 1.82) is 0 Å². The molecule has 2 aromatic rings. The Morgan fingerprint density at radius 3 is 2.61 bits per heavy atom. The van der Waals surface area contributed by atoms with Crippen LogP contribution in [0.25, 0.3) is 0 Å². The number of methoxy groups -OCH3 is 1. The van der Waals surface area contributed by atoms with Gasteiger partial charge < -0.3 is 23.5 Å². The maximum Gasteiger partial charge on any atom is 0.349 e. The Bertz CT molecular complexity index is 933. The number of likely N-dealkylation sites (N-methyl/N-ethyl adjacent to an activating group) is 1. The van der Waals surface area contributed by atoms with E-state index in [0.717, 1.165) is 0 Å². The Morgan fingerprint density at radius 1 is 1.29 bits per heavy atom. The maximum atomic E-state index is 12.9. The highest BCUT2D eigenvalue weighted by molar-refractivity contribution is 5.95. The first kappa shape index (κ1) is 19.9. The molecule has 0 fully saturated rings. The number of para-hydroxylation sites is 2. The number of benzene rings is 1. The highest BCUT2D eigenvalue weighted by Crippen LogP contribution is 2.35. The first-order valence-electron chi connectivity index (χ1n) is 9.05. The second kappa shape index (κ2) is 7.67. The third-order valence-corrected chi connectivity index (χ3v) is 4.92. The smallest absolute Gasteiger partial charge is 0.349 e. The molecule has 3 rings (SSSR count). The standard InChI is InChI=1S/C21H25NO6/c1-13-10-16(17-11-26-14-8-6-7-9-15(14)27-17)28-20(24)18(13)19(23)22(4)21(2,3)12-25-5/h6-10,17H,11-12H2,1-5H3. The lowest BCUT2D eigenvalue weighted by atomic mass is 10.0. The highest BCUT2D eigenvalue weighted by Gasteiger charge is 2.32. The van der Waals surface area contributed by atoms with Crippen LogP contribution >= 0.6 is 0 Å². The number of carbonyl (C=O) groups excluding carboxylic acids is 1. The molecule has 0 bridgehead atoms. The third-order valence-electron chi connectivity index (χ3n) is 4.92. The fraction of sp³-hybridized carbons (Fsp3) is 0.429. The molecule has 2 heterocycles. The van der Waals surface area contributed by atoms with E-state index in [1.165, 1.54) is 4.90 Å². The van der Waals surface area contributed by atoms with Crippen molar-refractivity contribution in [3.8, 4) is 11.5 Å². The van der Waals surface area contributed by atoms with Gasteiger partial charge in [0.05, 0.1) is 12.1 Å². The van der Waals surface area contributed by atoms with E-state index in [4.69, 9.17) is 18.6 Å². The number of carbonyl (C=O) groups is 1. The Kier molecular flexibility index (Phi) is 5.47. The van der Waals surface area contributed by atoms with Crippen molar-refractivity contribution < 1.29 is 23.4 Å². The highest BCUT2D eigenvalue weighted by atomic mass is 16.6. The van der Waals surface area contributed by atoms with Crippen molar-refractivity contribution in [3.05, 3.63) is 57.6 Å². The van der Waals surface area contributed by atoms with Gasteiger partial charge in [-0.25, -0.2) is 4.79 Å². The molecule has 0 spiro atoms. The number of ether oxygens (including phenoxy) is 3. The molecular formula is C21H25NO6. The lowest BCUT2D eigenvalue weighted by Gasteiger charge is -2.35. The van der Waals surface area contributed by atoms with Crippen LogP contribution in [0.1, 0.15) is 41.6 Å². The molecule has 0 radical (unpaired) electrons. The molecule has 1 aliphatic heterocycles. The molecule has 1 aliphatic rings. The molecule has 1 unspecified atom stereocenters. The summed E-state index contributed by atoms with van der Waals surface area (Å²) in [6.07, 6.45) is -0.562.